The van der Waals surface area contributed by atoms with E-state index in [1.54, 1.807) is 0 Å². The van der Waals surface area contributed by atoms with Gasteiger partial charge in [-0.25, -0.2) is 0 Å². The molecule has 4 nitrogen and oxygen atoms in total. The molecule has 4 heteroatoms. The lowest BCUT2D eigenvalue weighted by Gasteiger charge is -2.06. The molecule has 1 aromatic heterocycles. The van der Waals surface area contributed by atoms with E-state index in [2.05, 4.69) is 44.3 Å². The van der Waals surface area contributed by atoms with E-state index in [0.717, 1.165) is 51.4 Å². The minimum Gasteiger partial charge on any atom is -0.380 e. The summed E-state index contributed by atoms with van der Waals surface area (Å²) >= 11 is 0. The number of rotatable bonds is 10. The molecule has 1 aromatic rings. The maximum Gasteiger partial charge on any atom is 0.0662 e. The SMILES string of the molecule is CCCNCc1cn(CCOCCC(C)C)nc1C. The molecule has 0 spiro atoms. The van der Waals surface area contributed by atoms with Crippen LogP contribution in [0.1, 0.15) is 44.9 Å². The minimum atomic E-state index is 0.711. The molecule has 0 saturated heterocycles. The van der Waals surface area contributed by atoms with Crippen LogP contribution >= 0.6 is 0 Å². The molecule has 0 amide bonds. The third-order valence-electron chi connectivity index (χ3n) is 3.09. The summed E-state index contributed by atoms with van der Waals surface area (Å²) in [5, 5.41) is 7.93. The molecule has 0 saturated carbocycles. The highest BCUT2D eigenvalue weighted by Crippen LogP contribution is 2.05. The first-order valence-electron chi connectivity index (χ1n) is 7.44. The average molecular weight is 267 g/mol. The molecule has 0 aromatic carbocycles. The summed E-state index contributed by atoms with van der Waals surface area (Å²) in [6.07, 6.45) is 4.42. The van der Waals surface area contributed by atoms with Crippen LogP contribution in [0.3, 0.4) is 0 Å². The van der Waals surface area contributed by atoms with Gasteiger partial charge in [-0.1, -0.05) is 20.8 Å². The van der Waals surface area contributed by atoms with E-state index >= 15 is 0 Å². The highest BCUT2D eigenvalue weighted by atomic mass is 16.5. The highest BCUT2D eigenvalue weighted by molar-refractivity contribution is 5.14. The zero-order valence-electron chi connectivity index (χ0n) is 12.9. The topological polar surface area (TPSA) is 39.1 Å². The fourth-order valence-electron chi connectivity index (χ4n) is 1.83. The summed E-state index contributed by atoms with van der Waals surface area (Å²) in [7, 11) is 0. The van der Waals surface area contributed by atoms with Gasteiger partial charge >= 0.3 is 0 Å². The van der Waals surface area contributed by atoms with E-state index in [0.29, 0.717) is 5.92 Å². The van der Waals surface area contributed by atoms with Crippen LogP contribution in [-0.2, 0) is 17.8 Å². The Morgan fingerprint density at radius 1 is 1.37 bits per heavy atom. The Balaban J connectivity index is 2.25. The Bertz CT molecular complexity index is 347. The molecule has 1 heterocycles. The monoisotopic (exact) mass is 267 g/mol. The second-order valence-corrected chi connectivity index (χ2v) is 5.47. The van der Waals surface area contributed by atoms with Gasteiger partial charge in [0.05, 0.1) is 18.8 Å². The number of nitrogens with one attached hydrogen (secondary N) is 1. The van der Waals surface area contributed by atoms with Gasteiger partial charge in [0, 0.05) is 24.9 Å². The first-order valence-corrected chi connectivity index (χ1v) is 7.44. The normalized spacial score (nSPS) is 11.4. The lowest BCUT2D eigenvalue weighted by Crippen LogP contribution is -2.14. The van der Waals surface area contributed by atoms with Gasteiger partial charge in [-0.05, 0) is 32.2 Å². The Morgan fingerprint density at radius 2 is 2.16 bits per heavy atom. The van der Waals surface area contributed by atoms with Crippen LogP contribution in [0.5, 0.6) is 0 Å². The van der Waals surface area contributed by atoms with E-state index < -0.39 is 0 Å². The van der Waals surface area contributed by atoms with Crippen LogP contribution in [0.2, 0.25) is 0 Å². The van der Waals surface area contributed by atoms with Crippen molar-refractivity contribution in [2.45, 2.75) is 53.6 Å². The Morgan fingerprint density at radius 3 is 2.84 bits per heavy atom. The largest absolute Gasteiger partial charge is 0.380 e. The zero-order chi connectivity index (χ0) is 14.1. The molecule has 0 fully saturated rings. The predicted octanol–water partition coefficient (Wildman–Crippen LogP) is 2.75. The van der Waals surface area contributed by atoms with Crippen molar-refractivity contribution in [1.82, 2.24) is 15.1 Å². The third-order valence-corrected chi connectivity index (χ3v) is 3.09. The van der Waals surface area contributed by atoms with Gasteiger partial charge < -0.3 is 10.1 Å². The van der Waals surface area contributed by atoms with Gasteiger partial charge in [0.25, 0.3) is 0 Å². The average Bonchev–Trinajstić information content (AvgIpc) is 2.70. The fourth-order valence-corrected chi connectivity index (χ4v) is 1.83. The Hall–Kier alpha value is -0.870. The number of hydrogen-bond acceptors (Lipinski definition) is 3. The molecule has 0 aliphatic heterocycles. The van der Waals surface area contributed by atoms with Crippen LogP contribution in [0.4, 0.5) is 0 Å². The maximum absolute atomic E-state index is 5.62. The van der Waals surface area contributed by atoms with Crippen LogP contribution in [0.25, 0.3) is 0 Å². The van der Waals surface area contributed by atoms with Gasteiger partial charge in [0.2, 0.25) is 0 Å². The number of nitrogens with zero attached hydrogens (tertiary/aromatic N) is 2. The van der Waals surface area contributed by atoms with Gasteiger partial charge in [0.15, 0.2) is 0 Å². The van der Waals surface area contributed by atoms with Crippen LogP contribution in [0.15, 0.2) is 6.20 Å². The highest BCUT2D eigenvalue weighted by Gasteiger charge is 2.04. The molecule has 0 unspecified atom stereocenters. The molecule has 110 valence electrons. The van der Waals surface area contributed by atoms with Crippen molar-refractivity contribution in [2.24, 2.45) is 5.92 Å². The maximum atomic E-state index is 5.62. The van der Waals surface area contributed by atoms with Crippen molar-refractivity contribution in [2.75, 3.05) is 19.8 Å². The number of hydrogen-bond donors (Lipinski definition) is 1. The second-order valence-electron chi connectivity index (χ2n) is 5.47. The first kappa shape index (κ1) is 16.2. The molecule has 0 bridgehead atoms. The summed E-state index contributed by atoms with van der Waals surface area (Å²) < 4.78 is 7.61. The molecular weight excluding hydrogens is 238 g/mol. The van der Waals surface area contributed by atoms with Gasteiger partial charge in [-0.2, -0.15) is 5.10 Å². The summed E-state index contributed by atoms with van der Waals surface area (Å²) in [5.41, 5.74) is 2.40. The van der Waals surface area contributed by atoms with Crippen molar-refractivity contribution >= 4 is 0 Å². The predicted molar refractivity (Wildman–Crippen MR) is 79.2 cm³/mol. The van der Waals surface area contributed by atoms with E-state index in [-0.39, 0.29) is 0 Å². The molecule has 0 atom stereocenters. The van der Waals surface area contributed by atoms with Crippen molar-refractivity contribution in [3.63, 3.8) is 0 Å². The molecule has 0 radical (unpaired) electrons. The van der Waals surface area contributed by atoms with E-state index in [4.69, 9.17) is 4.74 Å². The van der Waals surface area contributed by atoms with Crippen LogP contribution in [-0.4, -0.2) is 29.5 Å². The van der Waals surface area contributed by atoms with Crippen molar-refractivity contribution in [1.29, 1.82) is 0 Å². The van der Waals surface area contributed by atoms with Gasteiger partial charge in [-0.3, -0.25) is 4.68 Å². The molecule has 1 rings (SSSR count). The quantitative estimate of drug-likeness (QED) is 0.663. The van der Waals surface area contributed by atoms with Crippen molar-refractivity contribution < 1.29 is 4.74 Å². The van der Waals surface area contributed by atoms with Crippen molar-refractivity contribution in [3.8, 4) is 0 Å². The van der Waals surface area contributed by atoms with Crippen molar-refractivity contribution in [3.05, 3.63) is 17.5 Å². The number of ether oxygens (including phenoxy) is 1. The molecule has 1 N–H and O–H groups in total. The van der Waals surface area contributed by atoms with Crippen LogP contribution < -0.4 is 5.32 Å². The Kier molecular flexibility index (Phi) is 7.75. The summed E-state index contributed by atoms with van der Waals surface area (Å²) in [6.45, 7) is 13.1. The zero-order valence-corrected chi connectivity index (χ0v) is 12.9. The summed E-state index contributed by atoms with van der Waals surface area (Å²) in [4.78, 5) is 0. The lowest BCUT2D eigenvalue weighted by atomic mass is 10.1. The second kappa shape index (κ2) is 9.10. The lowest BCUT2D eigenvalue weighted by molar-refractivity contribution is 0.114. The number of aryl methyl sites for hydroxylation is 1. The third kappa shape index (κ3) is 6.73. The summed E-state index contributed by atoms with van der Waals surface area (Å²) in [6, 6.07) is 0. The first-order chi connectivity index (χ1) is 9.13. The molecular formula is C15H29N3O. The standard InChI is InChI=1S/C15H29N3O/c1-5-7-16-11-15-12-18(17-14(15)4)8-10-19-9-6-13(2)3/h12-13,16H,5-11H2,1-4H3. The fraction of sp³-hybridized carbons (Fsp3) is 0.800. The smallest absolute Gasteiger partial charge is 0.0662 e. The van der Waals surface area contributed by atoms with E-state index in [9.17, 15) is 0 Å². The summed E-state index contributed by atoms with van der Waals surface area (Å²) in [5.74, 6) is 0.711. The molecule has 0 aliphatic rings. The van der Waals surface area contributed by atoms with E-state index in [1.807, 2.05) is 4.68 Å². The van der Waals surface area contributed by atoms with E-state index in [1.165, 1.54) is 5.56 Å². The number of aromatic nitrogens is 2. The molecule has 0 aliphatic carbocycles. The van der Waals surface area contributed by atoms with Crippen LogP contribution in [0, 0.1) is 12.8 Å². The Labute approximate surface area is 117 Å². The molecule has 19 heavy (non-hydrogen) atoms. The van der Waals surface area contributed by atoms with Gasteiger partial charge in [0.1, 0.15) is 0 Å². The van der Waals surface area contributed by atoms with Gasteiger partial charge in [-0.15, -0.1) is 0 Å². The minimum absolute atomic E-state index is 0.711.